The lowest BCUT2D eigenvalue weighted by Gasteiger charge is -2.43. The number of epoxide rings is 2. The molecule has 7 amide bonds. The van der Waals surface area contributed by atoms with E-state index in [2.05, 4.69) is 71.0 Å². The molecule has 1 aromatic carbocycles. The molecule has 1 saturated carbocycles. The number of hydrogen-bond acceptors (Lipinski definition) is 14. The molecule has 2 saturated heterocycles. The van der Waals surface area contributed by atoms with Crippen LogP contribution in [0.1, 0.15) is 147 Å². The van der Waals surface area contributed by atoms with Gasteiger partial charge in [-0.3, -0.25) is 28.8 Å². The van der Waals surface area contributed by atoms with Crippen LogP contribution >= 0.6 is 0 Å². The predicted octanol–water partition coefficient (Wildman–Crippen LogP) is 4.71. The number of hydrogen-bond donors (Lipinski definition) is 8. The van der Waals surface area contributed by atoms with Gasteiger partial charge in [-0.1, -0.05) is 111 Å². The number of ether oxygens (including phenoxy) is 5. The molecular formula is C60H97N7O14. The van der Waals surface area contributed by atoms with Gasteiger partial charge in [0.15, 0.2) is 0 Å². The first-order valence-corrected chi connectivity index (χ1v) is 28.8. The first-order valence-electron chi connectivity index (χ1n) is 28.8. The van der Waals surface area contributed by atoms with Crippen LogP contribution in [-0.4, -0.2) is 153 Å². The summed E-state index contributed by atoms with van der Waals surface area (Å²) in [6, 6.07) is 5.43. The van der Waals surface area contributed by atoms with Gasteiger partial charge in [-0.15, -0.1) is 0 Å². The number of allylic oxidation sites excluding steroid dienone is 1. The van der Waals surface area contributed by atoms with Crippen LogP contribution in [0, 0.1) is 34.0 Å². The fourth-order valence-electron chi connectivity index (χ4n) is 11.5. The second-order valence-corrected chi connectivity index (χ2v) is 25.1. The Hall–Kier alpha value is -5.64. The minimum absolute atomic E-state index is 0.0403. The van der Waals surface area contributed by atoms with Crippen LogP contribution in [0.25, 0.3) is 0 Å². The highest BCUT2D eigenvalue weighted by molar-refractivity contribution is 5.95. The fourth-order valence-corrected chi connectivity index (χ4v) is 11.5. The minimum atomic E-state index is -1.20. The lowest BCUT2D eigenvalue weighted by molar-refractivity contribution is -0.144. The van der Waals surface area contributed by atoms with Gasteiger partial charge in [0.25, 0.3) is 0 Å². The van der Waals surface area contributed by atoms with Crippen LogP contribution in [0.3, 0.4) is 0 Å². The van der Waals surface area contributed by atoms with Crippen molar-refractivity contribution >= 4 is 47.5 Å². The van der Waals surface area contributed by atoms with Crippen LogP contribution in [-0.2, 0) is 63.7 Å². The number of methoxy groups -OCH3 is 2. The lowest BCUT2D eigenvalue weighted by atomic mass is 9.61. The molecule has 81 heavy (non-hydrogen) atoms. The molecule has 456 valence electrons. The summed E-state index contributed by atoms with van der Waals surface area (Å²) in [7, 11) is 2.74. The molecule has 4 rings (SSSR count). The van der Waals surface area contributed by atoms with Crippen molar-refractivity contribution in [2.24, 2.45) is 34.0 Å². The van der Waals surface area contributed by atoms with Gasteiger partial charge in [0.05, 0.1) is 44.9 Å². The second-order valence-electron chi connectivity index (χ2n) is 25.1. The smallest absolute Gasteiger partial charge is 0.408 e. The Bertz CT molecular complexity index is 2360. The van der Waals surface area contributed by atoms with Gasteiger partial charge < -0.3 is 66.0 Å². The molecule has 21 nitrogen and oxygen atoms in total. The highest BCUT2D eigenvalue weighted by Gasteiger charge is 2.72. The molecule has 0 bridgehead atoms. The summed E-state index contributed by atoms with van der Waals surface area (Å²) in [5.41, 5.74) is -1.49. The van der Waals surface area contributed by atoms with Crippen molar-refractivity contribution in [3.63, 3.8) is 0 Å². The summed E-state index contributed by atoms with van der Waals surface area (Å²) in [5.74, 6) is -4.23. The Morgan fingerprint density at radius 1 is 0.815 bits per heavy atom. The predicted molar refractivity (Wildman–Crippen MR) is 305 cm³/mol. The van der Waals surface area contributed by atoms with Gasteiger partial charge in [0, 0.05) is 37.5 Å². The molecule has 1 aliphatic carbocycles. The maximum Gasteiger partial charge on any atom is 0.408 e. The van der Waals surface area contributed by atoms with E-state index in [4.69, 9.17) is 23.7 Å². The first-order chi connectivity index (χ1) is 37.9. The molecule has 12 atom stereocenters. The summed E-state index contributed by atoms with van der Waals surface area (Å²) in [4.78, 5) is 109. The average molecular weight is 1140 g/mol. The zero-order valence-electron chi connectivity index (χ0n) is 50.9. The lowest BCUT2D eigenvalue weighted by Crippen LogP contribution is -2.56. The van der Waals surface area contributed by atoms with Crippen molar-refractivity contribution in [2.75, 3.05) is 47.0 Å². The Balaban J connectivity index is 1.35. The Kier molecular flexibility index (Phi) is 24.8. The molecule has 3 fully saturated rings. The third-order valence-corrected chi connectivity index (χ3v) is 16.7. The Morgan fingerprint density at radius 3 is 2.04 bits per heavy atom. The van der Waals surface area contributed by atoms with Gasteiger partial charge in [-0.2, -0.15) is 0 Å². The molecule has 2 heterocycles. The molecule has 7 unspecified atom stereocenters. The van der Waals surface area contributed by atoms with Crippen molar-refractivity contribution < 1.29 is 67.1 Å². The SMILES string of the molecule is CCC(C)(CC(C)(CC(C)(C)C(=O)NCC(=O)N[C@@H](Cc1ccccc1)C(=O)N[C@@H](CC(C)C)C(=O)NCC(=O)NCC[C@@H](NC(=O)OC1CC[C@]2(CO2)C(C2(C)O[C@@H]2CC=C(C)C)C1OC)C(=O)OC)C(=O)NCC(C)O)C(C)C. The molecule has 2 aliphatic heterocycles. The molecule has 1 aromatic rings. The van der Waals surface area contributed by atoms with Gasteiger partial charge in [-0.25, -0.2) is 9.59 Å². The average Bonchev–Trinajstić information content (AvgIpc) is 4.13. The van der Waals surface area contributed by atoms with Crippen molar-refractivity contribution in [1.29, 1.82) is 0 Å². The monoisotopic (exact) mass is 1140 g/mol. The topological polar surface area (TPSA) is 294 Å². The highest BCUT2D eigenvalue weighted by atomic mass is 16.6. The summed E-state index contributed by atoms with van der Waals surface area (Å²) in [6.07, 6.45) is 2.59. The number of esters is 1. The number of aliphatic hydroxyl groups is 1. The second kappa shape index (κ2) is 29.6. The van der Waals surface area contributed by atoms with Gasteiger partial charge in [0.1, 0.15) is 41.5 Å². The van der Waals surface area contributed by atoms with E-state index in [0.717, 1.165) is 12.8 Å². The van der Waals surface area contributed by atoms with Gasteiger partial charge in [-0.05, 0) is 95.5 Å². The first kappa shape index (κ1) is 67.9. The quantitative estimate of drug-likeness (QED) is 0.0276. The van der Waals surface area contributed by atoms with Crippen molar-refractivity contribution in [3.8, 4) is 0 Å². The molecule has 1 spiro atoms. The van der Waals surface area contributed by atoms with Gasteiger partial charge in [0.2, 0.25) is 35.4 Å². The fraction of sp³-hybridized carbons (Fsp3) is 0.733. The molecule has 3 aliphatic rings. The van der Waals surface area contributed by atoms with Crippen LogP contribution in [0.5, 0.6) is 0 Å². The highest BCUT2D eigenvalue weighted by Crippen LogP contribution is 2.59. The number of carbonyl (C=O) groups is 8. The number of benzene rings is 1. The number of rotatable bonds is 32. The number of amides is 7. The minimum Gasteiger partial charge on any atom is -0.467 e. The third-order valence-electron chi connectivity index (χ3n) is 16.7. The van der Waals surface area contributed by atoms with Crippen molar-refractivity contribution in [1.82, 2.24) is 37.2 Å². The van der Waals surface area contributed by atoms with Crippen LogP contribution in [0.4, 0.5) is 4.79 Å². The van der Waals surface area contributed by atoms with E-state index in [-0.39, 0.29) is 74.0 Å². The van der Waals surface area contributed by atoms with E-state index in [1.807, 2.05) is 47.6 Å². The molecule has 21 heteroatoms. The molecule has 0 radical (unpaired) electrons. The van der Waals surface area contributed by atoms with E-state index in [1.54, 1.807) is 52.1 Å². The molecular weight excluding hydrogens is 1040 g/mol. The summed E-state index contributed by atoms with van der Waals surface area (Å²) >= 11 is 0. The molecule has 8 N–H and O–H groups in total. The maximum absolute atomic E-state index is 14.1. The standard InChI is InChI=1S/C60H97N7O14/c1-16-57(11,38(6)7)34-58(12,54(75)63-30-39(8)68)33-56(9,10)53(74)64-32-47(70)65-43(29-40-20-18-17-19-21-40)51(72)66-42(28-37(4)5)50(71)62-31-46(69)61-27-25-41(52(73)78-15)67-55(76)80-44-24-26-60(35-79-60)49(48(44)77-14)59(13)45(81-59)23-22-36(2)3/h17-22,37-39,41-45,48-49,68H,16,23-35H2,1-15H3,(H,61,69)(H,62,71)(H,63,75)(H,64,74)(H,65,70)(H,66,72)(H,67,76)/t39?,41-,42+,43+,44?,45-,48?,49?,57?,58?,59?,60+/m1/s1. The van der Waals surface area contributed by atoms with Crippen LogP contribution in [0.2, 0.25) is 0 Å². The van der Waals surface area contributed by atoms with E-state index in [0.29, 0.717) is 31.4 Å². The number of carbonyl (C=O) groups excluding carboxylic acids is 8. The van der Waals surface area contributed by atoms with Crippen LogP contribution in [0.15, 0.2) is 42.0 Å². The summed E-state index contributed by atoms with van der Waals surface area (Å²) < 4.78 is 29.1. The summed E-state index contributed by atoms with van der Waals surface area (Å²) in [6.45, 7) is 24.6. The van der Waals surface area contributed by atoms with Crippen molar-refractivity contribution in [3.05, 3.63) is 47.5 Å². The zero-order chi connectivity index (χ0) is 60.7. The zero-order valence-corrected chi connectivity index (χ0v) is 50.9. The van der Waals surface area contributed by atoms with E-state index >= 15 is 0 Å². The summed E-state index contributed by atoms with van der Waals surface area (Å²) in [5, 5.41) is 28.8. The normalized spacial score (nSPS) is 24.1. The van der Waals surface area contributed by atoms with Crippen molar-refractivity contribution in [2.45, 2.75) is 202 Å². The van der Waals surface area contributed by atoms with Crippen LogP contribution < -0.4 is 37.2 Å². The van der Waals surface area contributed by atoms with E-state index in [1.165, 1.54) is 12.7 Å². The largest absolute Gasteiger partial charge is 0.467 e. The third kappa shape index (κ3) is 19.5. The number of nitrogens with one attached hydrogen (secondary N) is 7. The number of alkyl carbamates (subject to hydrolysis) is 1. The van der Waals surface area contributed by atoms with Gasteiger partial charge >= 0.3 is 12.1 Å². The maximum atomic E-state index is 14.1. The molecule has 0 aromatic heterocycles. The number of aliphatic hydroxyl groups excluding tert-OH is 1. The Labute approximate surface area is 480 Å². The van der Waals surface area contributed by atoms with E-state index < -0.39 is 113 Å². The van der Waals surface area contributed by atoms with E-state index in [9.17, 15) is 43.5 Å². The Morgan fingerprint density at radius 2 is 1.47 bits per heavy atom.